The Balaban J connectivity index is 0.000000170. The zero-order valence-corrected chi connectivity index (χ0v) is 14.1. The number of halogens is 2. The molecule has 0 heterocycles. The van der Waals surface area contributed by atoms with Gasteiger partial charge in [0.2, 0.25) is 0 Å². The Morgan fingerprint density at radius 1 is 1.28 bits per heavy atom. The summed E-state index contributed by atoms with van der Waals surface area (Å²) in [5.41, 5.74) is 1.36. The van der Waals surface area contributed by atoms with E-state index in [4.69, 9.17) is 17.0 Å². The monoisotopic (exact) mass is 354 g/mol. The van der Waals surface area contributed by atoms with Gasteiger partial charge >= 0.3 is 37.9 Å². The molecule has 3 rings (SSSR count). The quantitative estimate of drug-likeness (QED) is 0.543. The number of rotatable bonds is 0. The number of fused-ring (bicyclic) bond motifs is 1. The number of aryl methyl sites for hydroxylation is 1. The van der Waals surface area contributed by atoms with Crippen LogP contribution in [0.15, 0.2) is 54.6 Å². The summed E-state index contributed by atoms with van der Waals surface area (Å²) in [4.78, 5) is 0. The molecule has 0 fully saturated rings. The molecule has 0 radical (unpaired) electrons. The van der Waals surface area contributed by atoms with Crippen molar-refractivity contribution in [3.63, 3.8) is 0 Å². The van der Waals surface area contributed by atoms with Crippen LogP contribution in [0.5, 0.6) is 0 Å². The van der Waals surface area contributed by atoms with E-state index in [2.05, 4.69) is 55.5 Å². The van der Waals surface area contributed by atoms with Gasteiger partial charge in [-0.15, -0.1) is 35.4 Å². The summed E-state index contributed by atoms with van der Waals surface area (Å²) in [6.07, 6.45) is 10.0. The Labute approximate surface area is 127 Å². The van der Waals surface area contributed by atoms with Gasteiger partial charge in [-0.3, -0.25) is 6.08 Å². The Hall–Kier alpha value is -0.227. The van der Waals surface area contributed by atoms with E-state index in [9.17, 15) is 0 Å². The number of hydrogen-bond acceptors (Lipinski definition) is 0. The zero-order valence-electron chi connectivity index (χ0n) is 10.2. The van der Waals surface area contributed by atoms with Crippen LogP contribution in [-0.4, -0.2) is 0 Å². The van der Waals surface area contributed by atoms with E-state index < -0.39 is 20.8 Å². The summed E-state index contributed by atoms with van der Waals surface area (Å²) in [7, 11) is 9.87. The summed E-state index contributed by atoms with van der Waals surface area (Å²) in [6.45, 7) is 2.14. The van der Waals surface area contributed by atoms with Crippen LogP contribution in [0.4, 0.5) is 0 Å². The molecule has 18 heavy (non-hydrogen) atoms. The van der Waals surface area contributed by atoms with Gasteiger partial charge in [0, 0.05) is 0 Å². The average Bonchev–Trinajstić information content (AvgIpc) is 3.05. The second kappa shape index (κ2) is 9.67. The summed E-state index contributed by atoms with van der Waals surface area (Å²) >= 11 is -0.826. The second-order valence-electron chi connectivity index (χ2n) is 3.68. The van der Waals surface area contributed by atoms with Crippen molar-refractivity contribution in [1.82, 2.24) is 0 Å². The molecular weight excluding hydrogens is 342 g/mol. The molecule has 0 N–H and O–H groups in total. The van der Waals surface area contributed by atoms with Gasteiger partial charge in [-0.2, -0.15) is 18.2 Å². The van der Waals surface area contributed by atoms with E-state index >= 15 is 0 Å². The van der Waals surface area contributed by atoms with E-state index in [0.717, 1.165) is 6.42 Å². The minimum absolute atomic E-state index is 0.826. The van der Waals surface area contributed by atoms with Gasteiger partial charge in [-0.1, -0.05) is 11.6 Å². The van der Waals surface area contributed by atoms with Crippen molar-refractivity contribution < 1.29 is 20.8 Å². The molecule has 0 spiro atoms. The van der Waals surface area contributed by atoms with Crippen molar-refractivity contribution in [3.8, 4) is 0 Å². The molecule has 2 aromatic rings. The molecule has 0 atom stereocenters. The van der Waals surface area contributed by atoms with E-state index in [1.807, 2.05) is 12.2 Å². The fourth-order valence-electron chi connectivity index (χ4n) is 1.66. The van der Waals surface area contributed by atoms with Crippen molar-refractivity contribution in [3.05, 3.63) is 66.3 Å². The third-order valence-corrected chi connectivity index (χ3v) is 2.48. The molecule has 0 saturated carbocycles. The van der Waals surface area contributed by atoms with Crippen molar-refractivity contribution in [2.75, 3.05) is 0 Å². The van der Waals surface area contributed by atoms with Gasteiger partial charge in [0.15, 0.2) is 0 Å². The molecule has 3 heteroatoms. The first-order valence-electron chi connectivity index (χ1n) is 5.58. The summed E-state index contributed by atoms with van der Waals surface area (Å²) < 4.78 is 0. The molecule has 92 valence electrons. The molecule has 0 amide bonds. The van der Waals surface area contributed by atoms with Crippen LogP contribution in [0.2, 0.25) is 0 Å². The standard InChI is InChI=1S/C10H9.C5H5.2ClH.Zr/c1-8-4-2-5-9-6-3-7-10(8)9;1-2-4-5-3-1;;;/h2-7H,1H3;1-3H,4H2;2*1H;/q2*-1;;;+4/p-2. The zero-order chi connectivity index (χ0) is 13.2. The van der Waals surface area contributed by atoms with Crippen LogP contribution in [0.1, 0.15) is 12.0 Å². The van der Waals surface area contributed by atoms with E-state index in [1.165, 1.54) is 16.3 Å². The van der Waals surface area contributed by atoms with Gasteiger partial charge in [0.25, 0.3) is 0 Å². The van der Waals surface area contributed by atoms with Crippen molar-refractivity contribution >= 4 is 27.8 Å². The summed E-state index contributed by atoms with van der Waals surface area (Å²) in [6, 6.07) is 12.8. The first kappa shape index (κ1) is 15.8. The molecule has 0 nitrogen and oxygen atoms in total. The van der Waals surface area contributed by atoms with Gasteiger partial charge in [0.05, 0.1) is 0 Å². The second-order valence-corrected chi connectivity index (χ2v) is 7.41. The minimum atomic E-state index is -0.826. The van der Waals surface area contributed by atoms with Crippen LogP contribution < -0.4 is 0 Å². The number of benzene rings is 1. The fraction of sp³-hybridized carbons (Fsp3) is 0.133. The molecular formula is C15H14Cl2Zr. The normalized spacial score (nSPS) is 11.3. The van der Waals surface area contributed by atoms with Crippen LogP contribution in [-0.2, 0) is 20.8 Å². The first-order valence-corrected chi connectivity index (χ1v) is 11.9. The predicted molar refractivity (Wildman–Crippen MR) is 77.6 cm³/mol. The van der Waals surface area contributed by atoms with Gasteiger partial charge in [-0.05, 0) is 6.92 Å². The molecule has 0 unspecified atom stereocenters. The van der Waals surface area contributed by atoms with Gasteiger partial charge < -0.3 is 0 Å². The van der Waals surface area contributed by atoms with E-state index in [0.29, 0.717) is 0 Å². The molecule has 0 aliphatic heterocycles. The summed E-state index contributed by atoms with van der Waals surface area (Å²) in [5, 5.41) is 2.72. The van der Waals surface area contributed by atoms with Gasteiger partial charge in [-0.25, -0.2) is 12.2 Å². The Bertz CT molecular complexity index is 502. The van der Waals surface area contributed by atoms with Crippen LogP contribution in [0.3, 0.4) is 0 Å². The molecule has 1 aliphatic carbocycles. The van der Waals surface area contributed by atoms with E-state index in [1.54, 1.807) is 0 Å². The first-order chi connectivity index (χ1) is 8.79. The van der Waals surface area contributed by atoms with E-state index in [-0.39, 0.29) is 0 Å². The summed E-state index contributed by atoms with van der Waals surface area (Å²) in [5.74, 6) is 0. The predicted octanol–water partition coefficient (Wildman–Crippen LogP) is 5.55. The molecule has 2 aromatic carbocycles. The van der Waals surface area contributed by atoms with Crippen molar-refractivity contribution in [2.24, 2.45) is 0 Å². The Kier molecular flexibility index (Phi) is 8.50. The molecule has 1 aliphatic rings. The molecule has 0 bridgehead atoms. The fourth-order valence-corrected chi connectivity index (χ4v) is 1.66. The molecule has 0 saturated heterocycles. The molecule has 0 aromatic heterocycles. The third kappa shape index (κ3) is 5.61. The van der Waals surface area contributed by atoms with Crippen molar-refractivity contribution in [1.29, 1.82) is 0 Å². The maximum atomic E-state index is 4.93. The number of hydrogen-bond donors (Lipinski definition) is 0. The maximum absolute atomic E-state index is 4.93. The topological polar surface area (TPSA) is 0 Å². The average molecular weight is 356 g/mol. The van der Waals surface area contributed by atoms with Crippen molar-refractivity contribution in [2.45, 2.75) is 13.3 Å². The SMILES string of the molecule is Cc1cccc2[cH-]ccc12.[C-]1=CC=CC1.[Cl][Zr+2][Cl]. The number of allylic oxidation sites excluding steroid dienone is 4. The van der Waals surface area contributed by atoms with Crippen LogP contribution in [0.25, 0.3) is 10.8 Å². The van der Waals surface area contributed by atoms with Gasteiger partial charge in [0.1, 0.15) is 0 Å². The van der Waals surface area contributed by atoms with Crippen LogP contribution in [0, 0.1) is 13.0 Å². The van der Waals surface area contributed by atoms with Crippen LogP contribution >= 0.6 is 17.0 Å². The Morgan fingerprint density at radius 3 is 2.56 bits per heavy atom. The third-order valence-electron chi connectivity index (χ3n) is 2.48. The Morgan fingerprint density at radius 2 is 2.06 bits per heavy atom.